The van der Waals surface area contributed by atoms with Crippen LogP contribution in [0.4, 0.5) is 0 Å². The standard InChI is InChI=1S/C11H12O2S/c1-3-4-8-14(12,13)11-7-5-6-10(2)9-11/h3,5-9H,1-2H3. The number of hydrogen-bond donors (Lipinski definition) is 0. The molecular formula is C11H12O2S. The minimum Gasteiger partial charge on any atom is -0.218 e. The molecule has 0 aliphatic carbocycles. The van der Waals surface area contributed by atoms with Crippen molar-refractivity contribution in [2.24, 2.45) is 0 Å². The fourth-order valence-electron chi connectivity index (χ4n) is 1.02. The summed E-state index contributed by atoms with van der Waals surface area (Å²) in [5, 5.41) is 1.09. The van der Waals surface area contributed by atoms with Crippen molar-refractivity contribution in [1.82, 2.24) is 0 Å². The molecule has 0 amide bonds. The van der Waals surface area contributed by atoms with E-state index < -0.39 is 9.84 Å². The van der Waals surface area contributed by atoms with Crippen LogP contribution in [0.2, 0.25) is 0 Å². The second-order valence-electron chi connectivity index (χ2n) is 2.93. The molecule has 0 fully saturated rings. The fraction of sp³-hybridized carbons (Fsp3) is 0.182. The highest BCUT2D eigenvalue weighted by molar-refractivity contribution is 7.94. The van der Waals surface area contributed by atoms with Gasteiger partial charge in [-0.2, -0.15) is 0 Å². The van der Waals surface area contributed by atoms with Crippen LogP contribution >= 0.6 is 0 Å². The topological polar surface area (TPSA) is 34.1 Å². The Morgan fingerprint density at radius 2 is 2.07 bits per heavy atom. The molecule has 1 aromatic carbocycles. The van der Waals surface area contributed by atoms with Crippen molar-refractivity contribution in [3.8, 4) is 0 Å². The third kappa shape index (κ3) is 2.59. The summed E-state index contributed by atoms with van der Waals surface area (Å²) in [5.74, 6) is 0. The monoisotopic (exact) mass is 208 g/mol. The van der Waals surface area contributed by atoms with Crippen LogP contribution in [-0.2, 0) is 9.84 Å². The van der Waals surface area contributed by atoms with Crippen molar-refractivity contribution in [3.63, 3.8) is 0 Å². The third-order valence-corrected chi connectivity index (χ3v) is 3.07. The first-order valence-corrected chi connectivity index (χ1v) is 5.80. The van der Waals surface area contributed by atoms with Gasteiger partial charge in [-0.15, -0.1) is 5.73 Å². The summed E-state index contributed by atoms with van der Waals surface area (Å²) < 4.78 is 23.2. The zero-order valence-corrected chi connectivity index (χ0v) is 9.01. The van der Waals surface area contributed by atoms with Gasteiger partial charge < -0.3 is 0 Å². The molecule has 0 saturated carbocycles. The highest BCUT2D eigenvalue weighted by atomic mass is 32.2. The maximum atomic E-state index is 11.6. The van der Waals surface area contributed by atoms with Gasteiger partial charge in [0.15, 0.2) is 0 Å². The highest BCUT2D eigenvalue weighted by Crippen LogP contribution is 2.13. The Morgan fingerprint density at radius 3 is 2.64 bits per heavy atom. The lowest BCUT2D eigenvalue weighted by Crippen LogP contribution is -1.95. The van der Waals surface area contributed by atoms with Gasteiger partial charge in [0.2, 0.25) is 9.84 Å². The molecule has 0 unspecified atom stereocenters. The van der Waals surface area contributed by atoms with Gasteiger partial charge in [-0.25, -0.2) is 8.42 Å². The molecule has 0 radical (unpaired) electrons. The minimum absolute atomic E-state index is 0.312. The average Bonchev–Trinajstić information content (AvgIpc) is 2.15. The first-order valence-electron chi connectivity index (χ1n) is 4.25. The SMILES string of the molecule is CC=C=CS(=O)(=O)c1cccc(C)c1. The number of allylic oxidation sites excluding steroid dienone is 1. The summed E-state index contributed by atoms with van der Waals surface area (Å²) in [7, 11) is -3.31. The smallest absolute Gasteiger partial charge is 0.207 e. The van der Waals surface area contributed by atoms with Crippen LogP contribution in [0.3, 0.4) is 0 Å². The van der Waals surface area contributed by atoms with Crippen LogP contribution < -0.4 is 0 Å². The molecule has 1 rings (SSSR count). The first kappa shape index (κ1) is 10.8. The van der Waals surface area contributed by atoms with E-state index in [4.69, 9.17) is 0 Å². The van der Waals surface area contributed by atoms with Gasteiger partial charge in [0.1, 0.15) is 0 Å². The number of rotatable bonds is 2. The Balaban J connectivity index is 3.24. The van der Waals surface area contributed by atoms with E-state index in [1.165, 1.54) is 0 Å². The lowest BCUT2D eigenvalue weighted by atomic mass is 10.2. The summed E-state index contributed by atoms with van der Waals surface area (Å²) in [4.78, 5) is 0.312. The predicted molar refractivity (Wildman–Crippen MR) is 56.7 cm³/mol. The molecule has 0 heterocycles. The molecule has 0 saturated heterocycles. The van der Waals surface area contributed by atoms with Crippen LogP contribution in [0.1, 0.15) is 12.5 Å². The second kappa shape index (κ2) is 4.27. The molecular weight excluding hydrogens is 196 g/mol. The van der Waals surface area contributed by atoms with Gasteiger partial charge in [0, 0.05) is 0 Å². The van der Waals surface area contributed by atoms with E-state index in [-0.39, 0.29) is 0 Å². The predicted octanol–water partition coefficient (Wildman–Crippen LogP) is 2.46. The van der Waals surface area contributed by atoms with Gasteiger partial charge in [-0.05, 0) is 37.6 Å². The Hall–Kier alpha value is -1.31. The van der Waals surface area contributed by atoms with E-state index >= 15 is 0 Å². The normalized spacial score (nSPS) is 10.4. The van der Waals surface area contributed by atoms with Crippen LogP contribution in [-0.4, -0.2) is 8.42 Å². The molecule has 0 atom stereocenters. The van der Waals surface area contributed by atoms with Gasteiger partial charge in [-0.1, -0.05) is 12.1 Å². The van der Waals surface area contributed by atoms with Crippen molar-refractivity contribution >= 4 is 9.84 Å². The molecule has 0 N–H and O–H groups in total. The van der Waals surface area contributed by atoms with Crippen molar-refractivity contribution in [2.45, 2.75) is 18.7 Å². The summed E-state index contributed by atoms with van der Waals surface area (Å²) in [5.41, 5.74) is 3.50. The molecule has 0 bridgehead atoms. The molecule has 0 spiro atoms. The Bertz CT molecular complexity index is 478. The summed E-state index contributed by atoms with van der Waals surface area (Å²) in [6.45, 7) is 3.58. The van der Waals surface area contributed by atoms with Crippen molar-refractivity contribution < 1.29 is 8.42 Å². The lowest BCUT2D eigenvalue weighted by molar-refractivity contribution is 0.604. The Morgan fingerprint density at radius 1 is 1.36 bits per heavy atom. The van der Waals surface area contributed by atoms with Gasteiger partial charge >= 0.3 is 0 Å². The molecule has 3 heteroatoms. The quantitative estimate of drug-likeness (QED) is 0.700. The second-order valence-corrected chi connectivity index (χ2v) is 4.73. The summed E-state index contributed by atoms with van der Waals surface area (Å²) >= 11 is 0. The maximum absolute atomic E-state index is 11.6. The van der Waals surface area contributed by atoms with Crippen LogP contribution in [0.25, 0.3) is 0 Å². The average molecular weight is 208 g/mol. The molecule has 14 heavy (non-hydrogen) atoms. The molecule has 74 valence electrons. The maximum Gasteiger partial charge on any atom is 0.207 e. The zero-order valence-electron chi connectivity index (χ0n) is 8.19. The van der Waals surface area contributed by atoms with Crippen molar-refractivity contribution in [1.29, 1.82) is 0 Å². The number of sulfone groups is 1. The molecule has 1 aromatic rings. The Labute approximate surface area is 84.5 Å². The van der Waals surface area contributed by atoms with Gasteiger partial charge in [-0.3, -0.25) is 0 Å². The van der Waals surface area contributed by atoms with E-state index in [1.54, 1.807) is 31.2 Å². The molecule has 0 aliphatic heterocycles. The van der Waals surface area contributed by atoms with E-state index in [9.17, 15) is 8.42 Å². The first-order chi connectivity index (χ1) is 6.56. The van der Waals surface area contributed by atoms with Crippen molar-refractivity contribution in [2.75, 3.05) is 0 Å². The number of aryl methyl sites for hydroxylation is 1. The van der Waals surface area contributed by atoms with Gasteiger partial charge in [0.25, 0.3) is 0 Å². The van der Waals surface area contributed by atoms with Crippen LogP contribution in [0.15, 0.2) is 46.4 Å². The Kier molecular flexibility index (Phi) is 3.28. The fourth-order valence-corrected chi connectivity index (χ4v) is 2.09. The van der Waals surface area contributed by atoms with Crippen LogP contribution in [0, 0.1) is 6.92 Å². The van der Waals surface area contributed by atoms with Gasteiger partial charge in [0.05, 0.1) is 10.3 Å². The summed E-state index contributed by atoms with van der Waals surface area (Å²) in [6, 6.07) is 6.81. The van der Waals surface area contributed by atoms with E-state index in [0.717, 1.165) is 11.0 Å². The zero-order chi connectivity index (χ0) is 10.6. The van der Waals surface area contributed by atoms with Crippen molar-refractivity contribution in [3.05, 3.63) is 47.0 Å². The summed E-state index contributed by atoms with van der Waals surface area (Å²) in [6.07, 6.45) is 1.56. The number of benzene rings is 1. The molecule has 0 aromatic heterocycles. The highest BCUT2D eigenvalue weighted by Gasteiger charge is 2.08. The van der Waals surface area contributed by atoms with E-state index in [0.29, 0.717) is 4.90 Å². The molecule has 0 aliphatic rings. The largest absolute Gasteiger partial charge is 0.218 e. The number of hydrogen-bond acceptors (Lipinski definition) is 2. The van der Waals surface area contributed by atoms with E-state index in [1.807, 2.05) is 13.0 Å². The third-order valence-electron chi connectivity index (χ3n) is 1.71. The van der Waals surface area contributed by atoms with Crippen LogP contribution in [0.5, 0.6) is 0 Å². The minimum atomic E-state index is -3.31. The molecule has 2 nitrogen and oxygen atoms in total. The van der Waals surface area contributed by atoms with E-state index in [2.05, 4.69) is 5.73 Å². The lowest BCUT2D eigenvalue weighted by Gasteiger charge is -1.98.